The summed E-state index contributed by atoms with van der Waals surface area (Å²) >= 11 is 0. The molecule has 1 aliphatic rings. The molecular weight excluding hydrogens is 262 g/mol. The Morgan fingerprint density at radius 2 is 2.14 bits per heavy atom. The topological polar surface area (TPSA) is 32.7 Å². The molecule has 0 aliphatic heterocycles. The fourth-order valence-corrected chi connectivity index (χ4v) is 3.46. The van der Waals surface area contributed by atoms with Gasteiger partial charge in [0.15, 0.2) is 0 Å². The van der Waals surface area contributed by atoms with Gasteiger partial charge in [-0.25, -0.2) is 0 Å². The van der Waals surface area contributed by atoms with Crippen LogP contribution in [0.1, 0.15) is 38.2 Å². The van der Waals surface area contributed by atoms with Gasteiger partial charge in [-0.05, 0) is 55.8 Å². The first-order valence-electron chi connectivity index (χ1n) is 8.12. The van der Waals surface area contributed by atoms with Gasteiger partial charge in [-0.1, -0.05) is 25.5 Å². The SMILES string of the molecule is CCC1CCC(O)C(CN(C)Cc2cccc(OC)c2)C1. The van der Waals surface area contributed by atoms with E-state index in [9.17, 15) is 5.11 Å². The van der Waals surface area contributed by atoms with Crippen LogP contribution in [0.2, 0.25) is 0 Å². The van der Waals surface area contributed by atoms with Crippen molar-refractivity contribution in [2.24, 2.45) is 11.8 Å². The zero-order chi connectivity index (χ0) is 15.2. The van der Waals surface area contributed by atoms with Gasteiger partial charge in [-0.2, -0.15) is 0 Å². The van der Waals surface area contributed by atoms with Crippen molar-refractivity contribution < 1.29 is 9.84 Å². The smallest absolute Gasteiger partial charge is 0.119 e. The number of aliphatic hydroxyl groups excluding tert-OH is 1. The van der Waals surface area contributed by atoms with Crippen molar-refractivity contribution in [1.82, 2.24) is 4.90 Å². The predicted molar refractivity (Wildman–Crippen MR) is 86.5 cm³/mol. The highest BCUT2D eigenvalue weighted by atomic mass is 16.5. The molecule has 3 heteroatoms. The summed E-state index contributed by atoms with van der Waals surface area (Å²) in [5, 5.41) is 10.2. The molecule has 0 radical (unpaired) electrons. The Labute approximate surface area is 128 Å². The van der Waals surface area contributed by atoms with Crippen LogP contribution >= 0.6 is 0 Å². The second kappa shape index (κ2) is 7.81. The van der Waals surface area contributed by atoms with E-state index in [2.05, 4.69) is 31.0 Å². The average Bonchev–Trinajstić information content (AvgIpc) is 2.49. The Hall–Kier alpha value is -1.06. The molecule has 1 aliphatic carbocycles. The van der Waals surface area contributed by atoms with E-state index < -0.39 is 0 Å². The summed E-state index contributed by atoms with van der Waals surface area (Å²) < 4.78 is 5.27. The lowest BCUT2D eigenvalue weighted by Crippen LogP contribution is -2.37. The molecule has 1 aromatic rings. The maximum absolute atomic E-state index is 10.2. The van der Waals surface area contributed by atoms with Crippen LogP contribution in [0.4, 0.5) is 0 Å². The summed E-state index contributed by atoms with van der Waals surface area (Å²) in [7, 11) is 3.84. The molecule has 118 valence electrons. The third-order valence-corrected chi connectivity index (χ3v) is 4.76. The van der Waals surface area contributed by atoms with E-state index in [4.69, 9.17) is 4.74 Å². The highest BCUT2D eigenvalue weighted by molar-refractivity contribution is 5.28. The van der Waals surface area contributed by atoms with Crippen LogP contribution in [-0.2, 0) is 6.54 Å². The average molecular weight is 291 g/mol. The summed E-state index contributed by atoms with van der Waals surface area (Å²) in [4.78, 5) is 2.32. The maximum atomic E-state index is 10.2. The van der Waals surface area contributed by atoms with Gasteiger partial charge in [0, 0.05) is 13.1 Å². The minimum Gasteiger partial charge on any atom is -0.497 e. The first-order valence-corrected chi connectivity index (χ1v) is 8.12. The first-order chi connectivity index (χ1) is 10.1. The number of hydrogen-bond donors (Lipinski definition) is 1. The second-order valence-electron chi connectivity index (χ2n) is 6.46. The van der Waals surface area contributed by atoms with Crippen LogP contribution in [0.15, 0.2) is 24.3 Å². The van der Waals surface area contributed by atoms with Gasteiger partial charge in [0.25, 0.3) is 0 Å². The Morgan fingerprint density at radius 3 is 2.86 bits per heavy atom. The molecule has 21 heavy (non-hydrogen) atoms. The fourth-order valence-electron chi connectivity index (χ4n) is 3.46. The standard InChI is InChI=1S/C18H29NO2/c1-4-14-8-9-18(20)16(10-14)13-19(2)12-15-6-5-7-17(11-15)21-3/h5-7,11,14,16,18,20H,4,8-10,12-13H2,1-3H3. The zero-order valence-corrected chi connectivity index (χ0v) is 13.6. The van der Waals surface area contributed by atoms with Gasteiger partial charge < -0.3 is 14.7 Å². The van der Waals surface area contributed by atoms with Crippen LogP contribution in [0.25, 0.3) is 0 Å². The molecular formula is C18H29NO2. The van der Waals surface area contributed by atoms with Gasteiger partial charge >= 0.3 is 0 Å². The first kappa shape index (κ1) is 16.3. The van der Waals surface area contributed by atoms with E-state index >= 15 is 0 Å². The van der Waals surface area contributed by atoms with E-state index in [1.54, 1.807) is 7.11 Å². The fraction of sp³-hybridized carbons (Fsp3) is 0.667. The number of rotatable bonds is 6. The molecule has 0 amide bonds. The quantitative estimate of drug-likeness (QED) is 0.873. The molecule has 0 aromatic heterocycles. The number of ether oxygens (including phenoxy) is 1. The van der Waals surface area contributed by atoms with Crippen LogP contribution in [0.3, 0.4) is 0 Å². The van der Waals surface area contributed by atoms with Crippen molar-refractivity contribution >= 4 is 0 Å². The lowest BCUT2D eigenvalue weighted by molar-refractivity contribution is 0.0298. The van der Waals surface area contributed by atoms with Crippen molar-refractivity contribution in [3.63, 3.8) is 0 Å². The number of methoxy groups -OCH3 is 1. The van der Waals surface area contributed by atoms with Crippen LogP contribution in [-0.4, -0.2) is 36.8 Å². The maximum Gasteiger partial charge on any atom is 0.119 e. The monoisotopic (exact) mass is 291 g/mol. The lowest BCUT2D eigenvalue weighted by atomic mass is 9.78. The van der Waals surface area contributed by atoms with E-state index in [0.29, 0.717) is 5.92 Å². The molecule has 3 nitrogen and oxygen atoms in total. The van der Waals surface area contributed by atoms with Crippen LogP contribution in [0, 0.1) is 11.8 Å². The largest absolute Gasteiger partial charge is 0.497 e. The molecule has 0 heterocycles. The predicted octanol–water partition coefficient (Wildman–Crippen LogP) is 3.31. The second-order valence-corrected chi connectivity index (χ2v) is 6.46. The molecule has 0 bridgehead atoms. The van der Waals surface area contributed by atoms with Crippen molar-refractivity contribution in [2.45, 2.75) is 45.3 Å². The van der Waals surface area contributed by atoms with Crippen LogP contribution < -0.4 is 4.74 Å². The van der Waals surface area contributed by atoms with Gasteiger partial charge in [-0.3, -0.25) is 0 Å². The molecule has 3 unspecified atom stereocenters. The highest BCUT2D eigenvalue weighted by Crippen LogP contribution is 2.32. The molecule has 0 spiro atoms. The normalized spacial score (nSPS) is 26.0. The lowest BCUT2D eigenvalue weighted by Gasteiger charge is -2.35. The summed E-state index contributed by atoms with van der Waals surface area (Å²) in [5.41, 5.74) is 1.26. The number of hydrogen-bond acceptors (Lipinski definition) is 3. The van der Waals surface area contributed by atoms with Crippen molar-refractivity contribution in [1.29, 1.82) is 0 Å². The number of benzene rings is 1. The summed E-state index contributed by atoms with van der Waals surface area (Å²) in [6, 6.07) is 8.22. The van der Waals surface area contributed by atoms with Gasteiger partial charge in [0.1, 0.15) is 5.75 Å². The molecule has 1 saturated carbocycles. The molecule has 3 atom stereocenters. The molecule has 0 saturated heterocycles. The molecule has 1 fully saturated rings. The Morgan fingerprint density at radius 1 is 1.33 bits per heavy atom. The van der Waals surface area contributed by atoms with Crippen molar-refractivity contribution in [2.75, 3.05) is 20.7 Å². The molecule has 1 N–H and O–H groups in total. The zero-order valence-electron chi connectivity index (χ0n) is 13.6. The van der Waals surface area contributed by atoms with E-state index in [-0.39, 0.29) is 6.10 Å². The minimum absolute atomic E-state index is 0.124. The third-order valence-electron chi connectivity index (χ3n) is 4.76. The number of aliphatic hydroxyl groups is 1. The van der Waals surface area contributed by atoms with E-state index in [1.807, 2.05) is 12.1 Å². The van der Waals surface area contributed by atoms with Crippen molar-refractivity contribution in [3.05, 3.63) is 29.8 Å². The van der Waals surface area contributed by atoms with Crippen molar-refractivity contribution in [3.8, 4) is 5.75 Å². The Kier molecular flexibility index (Phi) is 6.07. The van der Waals surface area contributed by atoms with Gasteiger partial charge in [0.05, 0.1) is 13.2 Å². The highest BCUT2D eigenvalue weighted by Gasteiger charge is 2.28. The van der Waals surface area contributed by atoms with E-state index in [0.717, 1.165) is 31.2 Å². The Balaban J connectivity index is 1.89. The summed E-state index contributed by atoms with van der Waals surface area (Å²) in [6.07, 6.45) is 4.44. The van der Waals surface area contributed by atoms with Gasteiger partial charge in [-0.15, -0.1) is 0 Å². The summed E-state index contributed by atoms with van der Waals surface area (Å²) in [5.74, 6) is 2.12. The van der Waals surface area contributed by atoms with Gasteiger partial charge in [0.2, 0.25) is 0 Å². The minimum atomic E-state index is -0.124. The Bertz CT molecular complexity index is 435. The summed E-state index contributed by atoms with van der Waals surface area (Å²) in [6.45, 7) is 4.13. The number of nitrogens with zero attached hydrogens (tertiary/aromatic N) is 1. The molecule has 1 aromatic carbocycles. The van der Waals surface area contributed by atoms with Crippen LogP contribution in [0.5, 0.6) is 5.75 Å². The third kappa shape index (κ3) is 4.72. The van der Waals surface area contributed by atoms with E-state index in [1.165, 1.54) is 24.8 Å². The molecule has 2 rings (SSSR count).